The number of nitrogens with zero attached hydrogens (tertiary/aromatic N) is 2. The number of hydrogen-bond acceptors (Lipinski definition) is 5. The molecule has 3 N–H and O–H groups in total. The van der Waals surface area contributed by atoms with Gasteiger partial charge in [0.15, 0.2) is 5.82 Å². The minimum absolute atomic E-state index is 0.214. The molecule has 0 saturated heterocycles. The zero-order valence-corrected chi connectivity index (χ0v) is 10.9. The van der Waals surface area contributed by atoms with E-state index in [1.165, 1.54) is 23.5 Å². The van der Waals surface area contributed by atoms with Crippen molar-refractivity contribution in [1.29, 1.82) is 0 Å². The molecule has 0 fully saturated rings. The lowest BCUT2D eigenvalue weighted by Gasteiger charge is -1.87. The van der Waals surface area contributed by atoms with Crippen molar-refractivity contribution >= 4 is 31.4 Å². The summed E-state index contributed by atoms with van der Waals surface area (Å²) in [6.45, 7) is 0. The first kappa shape index (κ1) is 12.2. The van der Waals surface area contributed by atoms with Crippen LogP contribution < -0.4 is 5.14 Å². The molecule has 6 nitrogen and oxygen atoms in total. The highest BCUT2D eigenvalue weighted by Crippen LogP contribution is 2.32. The van der Waals surface area contributed by atoms with E-state index >= 15 is 0 Å². The Balaban J connectivity index is 2.11. The summed E-state index contributed by atoms with van der Waals surface area (Å²) in [5.74, 6) is -0.119. The van der Waals surface area contributed by atoms with Crippen molar-refractivity contribution in [2.24, 2.45) is 5.14 Å². The zero-order valence-electron chi connectivity index (χ0n) is 9.29. The predicted octanol–water partition coefficient (Wildman–Crippen LogP) is 1.47. The molecule has 0 aliphatic carbocycles. The van der Waals surface area contributed by atoms with Crippen molar-refractivity contribution in [2.75, 3.05) is 0 Å². The molecule has 0 bridgehead atoms. The second-order valence-electron chi connectivity index (χ2n) is 3.80. The van der Waals surface area contributed by atoms with E-state index < -0.39 is 15.2 Å². The van der Waals surface area contributed by atoms with E-state index in [-0.39, 0.29) is 11.6 Å². The summed E-state index contributed by atoms with van der Waals surface area (Å²) >= 11 is 1.27. The smallest absolute Gasteiger partial charge is 0.248 e. The van der Waals surface area contributed by atoms with Gasteiger partial charge < -0.3 is 0 Å². The molecule has 3 aromatic rings. The fraction of sp³-hybridized carbons (Fsp3) is 0. The third-order valence-corrected chi connectivity index (χ3v) is 4.25. The third-order valence-electron chi connectivity index (χ3n) is 2.44. The minimum atomic E-state index is -3.91. The van der Waals surface area contributed by atoms with Gasteiger partial charge in [-0.05, 0) is 23.6 Å². The number of nitrogens with one attached hydrogen (secondary N) is 1. The first-order valence-corrected chi connectivity index (χ1v) is 7.44. The van der Waals surface area contributed by atoms with E-state index in [0.29, 0.717) is 4.88 Å². The van der Waals surface area contributed by atoms with Crippen molar-refractivity contribution in [3.05, 3.63) is 30.1 Å². The van der Waals surface area contributed by atoms with Gasteiger partial charge in [0.2, 0.25) is 0 Å². The Morgan fingerprint density at radius 2 is 2.11 bits per heavy atom. The maximum atomic E-state index is 13.1. The maximum absolute atomic E-state index is 13.1. The molecule has 0 radical (unpaired) electrons. The normalized spacial score (nSPS) is 12.1. The van der Waals surface area contributed by atoms with Crippen LogP contribution in [0.2, 0.25) is 0 Å². The second kappa shape index (κ2) is 4.08. The zero-order chi connectivity index (χ0) is 13.6. The molecule has 0 atom stereocenters. The van der Waals surface area contributed by atoms with E-state index in [1.807, 2.05) is 0 Å². The summed E-state index contributed by atoms with van der Waals surface area (Å²) in [4.78, 5) is 4.44. The number of aromatic nitrogens is 3. The van der Waals surface area contributed by atoms with Gasteiger partial charge in [0.1, 0.15) is 5.82 Å². The first-order chi connectivity index (χ1) is 8.93. The highest BCUT2D eigenvalue weighted by Gasteiger charge is 2.16. The molecule has 0 aliphatic heterocycles. The van der Waals surface area contributed by atoms with Crippen molar-refractivity contribution in [3.63, 3.8) is 0 Å². The Morgan fingerprint density at radius 1 is 1.32 bits per heavy atom. The molecule has 9 heteroatoms. The summed E-state index contributed by atoms with van der Waals surface area (Å²) in [6.07, 6.45) is 0. The molecule has 0 aliphatic rings. The second-order valence-corrected chi connectivity index (χ2v) is 6.36. The number of thiophene rings is 1. The monoisotopic (exact) mass is 298 g/mol. The standard InChI is InChI=1S/C10H7FN4O2S2/c11-6-2-1-5-3-8(18-7(5)4-6)9-13-10(15-14-9)19(12,16)17/h1-4H,(H2,12,16,17)(H,13,14,15). The van der Waals surface area contributed by atoms with E-state index in [2.05, 4.69) is 15.2 Å². The fourth-order valence-corrected chi connectivity index (χ4v) is 3.01. The lowest BCUT2D eigenvalue weighted by atomic mass is 10.2. The Hall–Kier alpha value is -1.84. The fourth-order valence-electron chi connectivity index (χ4n) is 1.60. The largest absolute Gasteiger partial charge is 0.273 e. The average Bonchev–Trinajstić information content (AvgIpc) is 2.92. The number of nitrogens with two attached hydrogens (primary N) is 1. The Labute approximate surface area is 111 Å². The number of hydrogen-bond donors (Lipinski definition) is 2. The van der Waals surface area contributed by atoms with Crippen molar-refractivity contribution in [3.8, 4) is 10.7 Å². The molecule has 3 rings (SSSR count). The lowest BCUT2D eigenvalue weighted by molar-refractivity contribution is 0.589. The highest BCUT2D eigenvalue weighted by molar-refractivity contribution is 7.89. The SMILES string of the molecule is NS(=O)(=O)c1nc(-c2cc3ccc(F)cc3s2)n[nH]1. The Kier molecular flexibility index (Phi) is 2.62. The molecule has 0 spiro atoms. The van der Waals surface area contributed by atoms with Gasteiger partial charge in [-0.1, -0.05) is 6.07 Å². The van der Waals surface area contributed by atoms with Crippen LogP contribution in [-0.2, 0) is 10.0 Å². The molecular weight excluding hydrogens is 291 g/mol. The summed E-state index contributed by atoms with van der Waals surface area (Å²) < 4.78 is 36.0. The van der Waals surface area contributed by atoms with Crippen LogP contribution in [0.3, 0.4) is 0 Å². The molecule has 0 saturated carbocycles. The molecule has 98 valence electrons. The van der Waals surface area contributed by atoms with Crippen LogP contribution in [0.15, 0.2) is 29.4 Å². The van der Waals surface area contributed by atoms with Gasteiger partial charge in [-0.25, -0.2) is 23.0 Å². The summed E-state index contributed by atoms with van der Waals surface area (Å²) in [5.41, 5.74) is 0. The van der Waals surface area contributed by atoms with Crippen molar-refractivity contribution in [2.45, 2.75) is 5.16 Å². The number of sulfonamides is 1. The van der Waals surface area contributed by atoms with Crippen LogP contribution in [-0.4, -0.2) is 23.6 Å². The molecule has 2 heterocycles. The molecule has 0 unspecified atom stereocenters. The van der Waals surface area contributed by atoms with E-state index in [4.69, 9.17) is 5.14 Å². The lowest BCUT2D eigenvalue weighted by Crippen LogP contribution is -2.13. The number of fused-ring (bicyclic) bond motifs is 1. The number of rotatable bonds is 2. The van der Waals surface area contributed by atoms with Gasteiger partial charge in [0.05, 0.1) is 4.88 Å². The van der Waals surface area contributed by atoms with E-state index in [0.717, 1.165) is 10.1 Å². The first-order valence-electron chi connectivity index (χ1n) is 5.08. The number of aromatic amines is 1. The van der Waals surface area contributed by atoms with Gasteiger partial charge in [-0.15, -0.1) is 11.3 Å². The topological polar surface area (TPSA) is 102 Å². The Bertz CT molecular complexity index is 869. The van der Waals surface area contributed by atoms with Crippen LogP contribution in [0, 0.1) is 5.82 Å². The van der Waals surface area contributed by atoms with Gasteiger partial charge in [0.25, 0.3) is 15.2 Å². The van der Waals surface area contributed by atoms with Gasteiger partial charge >= 0.3 is 0 Å². The number of halogens is 1. The predicted molar refractivity (Wildman–Crippen MR) is 68.5 cm³/mol. The number of primary sulfonamides is 1. The molecule has 1 aromatic carbocycles. The van der Waals surface area contributed by atoms with Crippen LogP contribution in [0.25, 0.3) is 20.8 Å². The van der Waals surface area contributed by atoms with Crippen LogP contribution in [0.1, 0.15) is 0 Å². The van der Waals surface area contributed by atoms with E-state index in [1.54, 1.807) is 12.1 Å². The van der Waals surface area contributed by atoms with E-state index in [9.17, 15) is 12.8 Å². The van der Waals surface area contributed by atoms with Gasteiger partial charge in [0, 0.05) is 4.70 Å². The summed E-state index contributed by atoms with van der Waals surface area (Å²) in [5, 5.41) is 11.4. The molecule has 2 aromatic heterocycles. The third kappa shape index (κ3) is 2.23. The summed E-state index contributed by atoms with van der Waals surface area (Å²) in [6, 6.07) is 6.15. The molecule has 19 heavy (non-hydrogen) atoms. The quantitative estimate of drug-likeness (QED) is 0.748. The van der Waals surface area contributed by atoms with Gasteiger partial charge in [-0.2, -0.15) is 10.1 Å². The van der Waals surface area contributed by atoms with Crippen molar-refractivity contribution in [1.82, 2.24) is 15.2 Å². The maximum Gasteiger partial charge on any atom is 0.273 e. The molecular formula is C10H7FN4O2S2. The van der Waals surface area contributed by atoms with Crippen LogP contribution >= 0.6 is 11.3 Å². The number of H-pyrrole nitrogens is 1. The van der Waals surface area contributed by atoms with Crippen LogP contribution in [0.4, 0.5) is 4.39 Å². The summed E-state index contributed by atoms with van der Waals surface area (Å²) in [7, 11) is -3.91. The highest BCUT2D eigenvalue weighted by atomic mass is 32.2. The average molecular weight is 298 g/mol. The molecule has 0 amide bonds. The van der Waals surface area contributed by atoms with Crippen molar-refractivity contribution < 1.29 is 12.8 Å². The van der Waals surface area contributed by atoms with Crippen LogP contribution in [0.5, 0.6) is 0 Å². The Morgan fingerprint density at radius 3 is 2.79 bits per heavy atom. The van der Waals surface area contributed by atoms with Gasteiger partial charge in [-0.3, -0.25) is 0 Å². The number of benzene rings is 1. The minimum Gasteiger partial charge on any atom is -0.248 e.